The molecule has 2 rings (SSSR count). The van der Waals surface area contributed by atoms with E-state index in [0.29, 0.717) is 18.2 Å². The maximum Gasteiger partial charge on any atom is 0.416 e. The summed E-state index contributed by atoms with van der Waals surface area (Å²) in [5.74, 6) is -2.66. The second kappa shape index (κ2) is 4.83. The summed E-state index contributed by atoms with van der Waals surface area (Å²) in [6.45, 7) is 0. The van der Waals surface area contributed by atoms with E-state index in [-0.39, 0.29) is 6.07 Å². The van der Waals surface area contributed by atoms with Crippen LogP contribution < -0.4 is 0 Å². The number of rotatable bonds is 1. The molecule has 0 aromatic heterocycles. The molecule has 22 heavy (non-hydrogen) atoms. The molecule has 0 bridgehead atoms. The Morgan fingerprint density at radius 2 is 1.32 bits per heavy atom. The highest BCUT2D eigenvalue weighted by Gasteiger charge is 2.39. The summed E-state index contributed by atoms with van der Waals surface area (Å²) >= 11 is 0. The second-order valence-electron chi connectivity index (χ2n) is 4.31. The van der Waals surface area contributed by atoms with Crippen molar-refractivity contribution in [1.29, 1.82) is 0 Å². The maximum absolute atomic E-state index is 12.7. The predicted molar refractivity (Wildman–Crippen MR) is 58.1 cm³/mol. The number of alkyl halides is 6. The lowest BCUT2D eigenvalue weighted by molar-refractivity contribution is -0.168. The molecule has 1 aliphatic rings. The lowest BCUT2D eigenvalue weighted by Gasteiger charge is -2.14. The van der Waals surface area contributed by atoms with Gasteiger partial charge in [-0.05, 0) is 23.8 Å². The monoisotopic (exact) mass is 325 g/mol. The minimum atomic E-state index is -5.08. The molecule has 1 aliphatic heterocycles. The van der Waals surface area contributed by atoms with Gasteiger partial charge in [0.25, 0.3) is 11.8 Å². The Balaban J connectivity index is 2.65. The van der Waals surface area contributed by atoms with Crippen molar-refractivity contribution in [2.45, 2.75) is 12.4 Å². The van der Waals surface area contributed by atoms with Crippen LogP contribution in [0.15, 0.2) is 24.3 Å². The fourth-order valence-corrected chi connectivity index (χ4v) is 1.78. The van der Waals surface area contributed by atoms with Gasteiger partial charge in [-0.3, -0.25) is 14.8 Å². The van der Waals surface area contributed by atoms with Gasteiger partial charge in [-0.1, -0.05) is 0 Å². The minimum absolute atomic E-state index is 0.109. The molecule has 0 unspecified atom stereocenters. The van der Waals surface area contributed by atoms with E-state index in [1.165, 1.54) is 0 Å². The van der Waals surface area contributed by atoms with Crippen LogP contribution in [0.2, 0.25) is 0 Å². The third kappa shape index (κ3) is 2.82. The van der Waals surface area contributed by atoms with Gasteiger partial charge in [-0.25, -0.2) is 0 Å². The number of hydroxylamine groups is 2. The second-order valence-corrected chi connectivity index (χ2v) is 4.31. The van der Waals surface area contributed by atoms with Crippen molar-refractivity contribution >= 4 is 17.4 Å². The number of hydrogen-bond acceptors (Lipinski definition) is 3. The van der Waals surface area contributed by atoms with Crippen LogP contribution in [0.1, 0.15) is 16.7 Å². The van der Waals surface area contributed by atoms with Crippen LogP contribution in [0.3, 0.4) is 0 Å². The Hall–Kier alpha value is -2.36. The van der Waals surface area contributed by atoms with Gasteiger partial charge < -0.3 is 0 Å². The van der Waals surface area contributed by atoms with Crippen molar-refractivity contribution in [2.75, 3.05) is 0 Å². The summed E-state index contributed by atoms with van der Waals surface area (Å²) in [6, 6.07) is 0.485. The molecule has 0 fully saturated rings. The molecule has 1 aromatic carbocycles. The lowest BCUT2D eigenvalue weighted by Crippen LogP contribution is -2.26. The standard InChI is InChI=1S/C12H5F6NO3/c13-11(14,15)6-1-5(2-7(3-6)12(16,17)18)8-4-9(20)19(22)10(8)21/h1-4,22H. The molecular formula is C12H5F6NO3. The summed E-state index contributed by atoms with van der Waals surface area (Å²) < 4.78 is 76.1. The first-order chi connectivity index (χ1) is 9.91. The highest BCUT2D eigenvalue weighted by Crippen LogP contribution is 2.38. The van der Waals surface area contributed by atoms with E-state index in [1.807, 2.05) is 0 Å². The normalized spacial score (nSPS) is 16.3. The van der Waals surface area contributed by atoms with Crippen LogP contribution in [0.5, 0.6) is 0 Å². The minimum Gasteiger partial charge on any atom is -0.278 e. The van der Waals surface area contributed by atoms with E-state index in [9.17, 15) is 35.9 Å². The number of amides is 2. The first kappa shape index (κ1) is 16.0. The molecule has 0 spiro atoms. The smallest absolute Gasteiger partial charge is 0.278 e. The fourth-order valence-electron chi connectivity index (χ4n) is 1.78. The Morgan fingerprint density at radius 1 is 0.864 bits per heavy atom. The Labute approximate surface area is 118 Å². The summed E-state index contributed by atoms with van der Waals surface area (Å²) in [7, 11) is 0. The van der Waals surface area contributed by atoms with Crippen LogP contribution in [0.4, 0.5) is 26.3 Å². The third-order valence-electron chi connectivity index (χ3n) is 2.80. The van der Waals surface area contributed by atoms with Crippen molar-refractivity contribution in [3.63, 3.8) is 0 Å². The van der Waals surface area contributed by atoms with E-state index in [1.54, 1.807) is 0 Å². The van der Waals surface area contributed by atoms with E-state index in [2.05, 4.69) is 0 Å². The average Bonchev–Trinajstić information content (AvgIpc) is 2.64. The molecule has 1 N–H and O–H groups in total. The van der Waals surface area contributed by atoms with Crippen LogP contribution >= 0.6 is 0 Å². The lowest BCUT2D eigenvalue weighted by atomic mass is 9.99. The van der Waals surface area contributed by atoms with Crippen molar-refractivity contribution < 1.29 is 41.1 Å². The zero-order valence-corrected chi connectivity index (χ0v) is 10.3. The summed E-state index contributed by atoms with van der Waals surface area (Å²) in [4.78, 5) is 22.5. The van der Waals surface area contributed by atoms with Crippen molar-refractivity contribution in [3.8, 4) is 0 Å². The fraction of sp³-hybridized carbons (Fsp3) is 0.167. The number of hydrogen-bond donors (Lipinski definition) is 1. The van der Waals surface area contributed by atoms with Crippen molar-refractivity contribution in [3.05, 3.63) is 41.0 Å². The summed E-state index contributed by atoms with van der Waals surface area (Å²) in [5, 5.41) is 8.59. The van der Waals surface area contributed by atoms with Gasteiger partial charge in [0.05, 0.1) is 16.7 Å². The Bertz CT molecular complexity index is 657. The molecule has 4 nitrogen and oxygen atoms in total. The molecule has 1 aromatic rings. The highest BCUT2D eigenvalue weighted by atomic mass is 19.4. The quantitative estimate of drug-likeness (QED) is 0.491. The van der Waals surface area contributed by atoms with Gasteiger partial charge in [0.15, 0.2) is 0 Å². The number of imide groups is 1. The van der Waals surface area contributed by atoms with Gasteiger partial charge in [0.2, 0.25) is 0 Å². The van der Waals surface area contributed by atoms with E-state index < -0.39 is 51.5 Å². The van der Waals surface area contributed by atoms with E-state index >= 15 is 0 Å². The van der Waals surface area contributed by atoms with Crippen molar-refractivity contribution in [1.82, 2.24) is 5.06 Å². The predicted octanol–water partition coefficient (Wildman–Crippen LogP) is 2.87. The van der Waals surface area contributed by atoms with E-state index in [4.69, 9.17) is 5.21 Å². The van der Waals surface area contributed by atoms with Crippen LogP contribution in [-0.4, -0.2) is 22.1 Å². The number of carbonyl (C=O) groups excluding carboxylic acids is 2. The molecule has 0 radical (unpaired) electrons. The average molecular weight is 325 g/mol. The van der Waals surface area contributed by atoms with Crippen LogP contribution in [-0.2, 0) is 21.9 Å². The Morgan fingerprint density at radius 3 is 1.64 bits per heavy atom. The summed E-state index contributed by atoms with van der Waals surface area (Å²) in [5.41, 5.74) is -4.79. The molecule has 0 saturated carbocycles. The molecule has 0 atom stereocenters. The first-order valence-corrected chi connectivity index (χ1v) is 5.50. The SMILES string of the molecule is O=C1C=C(c2cc(C(F)(F)F)cc(C(F)(F)F)c2)C(=O)N1O. The molecule has 0 aliphatic carbocycles. The van der Waals surface area contributed by atoms with E-state index in [0.717, 1.165) is 0 Å². The molecule has 0 saturated heterocycles. The van der Waals surface area contributed by atoms with Crippen molar-refractivity contribution in [2.24, 2.45) is 0 Å². The molecular weight excluding hydrogens is 320 g/mol. The zero-order chi connectivity index (χ0) is 16.9. The maximum atomic E-state index is 12.7. The summed E-state index contributed by atoms with van der Waals surface area (Å²) in [6.07, 6.45) is -9.71. The topological polar surface area (TPSA) is 57.6 Å². The molecule has 118 valence electrons. The van der Waals surface area contributed by atoms with Crippen LogP contribution in [0, 0.1) is 0 Å². The number of benzene rings is 1. The molecule has 1 heterocycles. The van der Waals surface area contributed by atoms with Crippen LogP contribution in [0.25, 0.3) is 5.57 Å². The molecule has 10 heteroatoms. The van der Waals surface area contributed by atoms with Gasteiger partial charge in [-0.15, -0.1) is 5.06 Å². The largest absolute Gasteiger partial charge is 0.416 e. The van der Waals surface area contributed by atoms with Gasteiger partial charge in [0, 0.05) is 6.08 Å². The van der Waals surface area contributed by atoms with Gasteiger partial charge in [-0.2, -0.15) is 26.3 Å². The number of nitrogens with zero attached hydrogens (tertiary/aromatic N) is 1. The number of carbonyl (C=O) groups is 2. The third-order valence-corrected chi connectivity index (χ3v) is 2.80. The Kier molecular flexibility index (Phi) is 3.52. The van der Waals surface area contributed by atoms with Gasteiger partial charge >= 0.3 is 12.4 Å². The molecule has 2 amide bonds. The van der Waals surface area contributed by atoms with Gasteiger partial charge in [0.1, 0.15) is 0 Å². The first-order valence-electron chi connectivity index (χ1n) is 5.50. The highest BCUT2D eigenvalue weighted by molar-refractivity contribution is 6.32. The number of halogens is 6. The zero-order valence-electron chi connectivity index (χ0n) is 10.3.